The van der Waals surface area contributed by atoms with Crippen molar-refractivity contribution in [2.75, 3.05) is 14.2 Å². The molecule has 28 heavy (non-hydrogen) atoms. The number of hydrogen-bond acceptors (Lipinski definition) is 6. The molecule has 0 spiro atoms. The summed E-state index contributed by atoms with van der Waals surface area (Å²) in [4.78, 5) is 16.8. The van der Waals surface area contributed by atoms with Crippen LogP contribution in [0.5, 0.6) is 11.5 Å². The van der Waals surface area contributed by atoms with Crippen molar-refractivity contribution >= 4 is 21.8 Å². The van der Waals surface area contributed by atoms with Gasteiger partial charge in [0.25, 0.3) is 10.0 Å². The Morgan fingerprint density at radius 2 is 1.86 bits per heavy atom. The average molecular weight is 403 g/mol. The van der Waals surface area contributed by atoms with Crippen molar-refractivity contribution in [3.05, 3.63) is 53.6 Å². The number of aliphatic imine (C=N–C) groups is 1. The molecule has 1 heterocycles. The minimum absolute atomic E-state index is 0.159. The van der Waals surface area contributed by atoms with Gasteiger partial charge in [-0.2, -0.15) is 0 Å². The highest BCUT2D eigenvalue weighted by Gasteiger charge is 2.31. The standard InChI is InChI=1S/C19H21N3O5S/c1-12(21-18-14-6-4-5-7-17(14)28(24,25)22-18)19(23)20-11-13-8-9-15(26-2)16(10-13)27-3/h4-10,12H,11H2,1-3H3,(H,20,23)(H,21,22)/t12-/m1/s1. The van der Waals surface area contributed by atoms with E-state index >= 15 is 0 Å². The van der Waals surface area contributed by atoms with Gasteiger partial charge in [-0.25, -0.2) is 8.42 Å². The van der Waals surface area contributed by atoms with Crippen molar-refractivity contribution in [1.29, 1.82) is 0 Å². The number of nitrogens with zero attached hydrogens (tertiary/aromatic N) is 1. The van der Waals surface area contributed by atoms with Crippen molar-refractivity contribution in [3.8, 4) is 11.5 Å². The first kappa shape index (κ1) is 19.7. The average Bonchev–Trinajstić information content (AvgIpc) is 2.96. The molecular formula is C19H21N3O5S. The molecule has 3 rings (SSSR count). The zero-order valence-electron chi connectivity index (χ0n) is 15.7. The number of nitrogens with one attached hydrogen (secondary N) is 2. The van der Waals surface area contributed by atoms with E-state index in [0.29, 0.717) is 17.1 Å². The Hall–Kier alpha value is -3.07. The second kappa shape index (κ2) is 7.89. The van der Waals surface area contributed by atoms with E-state index in [9.17, 15) is 13.2 Å². The molecule has 0 fully saturated rings. The van der Waals surface area contributed by atoms with E-state index in [1.54, 1.807) is 51.5 Å². The van der Waals surface area contributed by atoms with E-state index < -0.39 is 16.1 Å². The van der Waals surface area contributed by atoms with Gasteiger partial charge in [-0.15, -0.1) is 0 Å². The van der Waals surface area contributed by atoms with Gasteiger partial charge in [-0.05, 0) is 36.8 Å². The Morgan fingerprint density at radius 3 is 2.57 bits per heavy atom. The van der Waals surface area contributed by atoms with Crippen LogP contribution in [-0.4, -0.2) is 40.4 Å². The van der Waals surface area contributed by atoms with E-state index in [0.717, 1.165) is 5.56 Å². The minimum atomic E-state index is -3.63. The Morgan fingerprint density at radius 1 is 1.14 bits per heavy atom. The predicted molar refractivity (Wildman–Crippen MR) is 104 cm³/mol. The van der Waals surface area contributed by atoms with E-state index in [2.05, 4.69) is 15.0 Å². The zero-order chi connectivity index (χ0) is 20.3. The second-order valence-electron chi connectivity index (χ2n) is 6.16. The lowest BCUT2D eigenvalue weighted by molar-refractivity contribution is -0.122. The lowest BCUT2D eigenvalue weighted by Crippen LogP contribution is -2.33. The summed E-state index contributed by atoms with van der Waals surface area (Å²) in [5, 5.41) is 2.79. The topological polar surface area (TPSA) is 106 Å². The highest BCUT2D eigenvalue weighted by Crippen LogP contribution is 2.27. The minimum Gasteiger partial charge on any atom is -0.493 e. The zero-order valence-corrected chi connectivity index (χ0v) is 16.5. The largest absolute Gasteiger partial charge is 0.493 e. The van der Waals surface area contributed by atoms with Gasteiger partial charge in [-0.3, -0.25) is 14.5 Å². The maximum atomic E-state index is 12.4. The molecule has 8 nitrogen and oxygen atoms in total. The van der Waals surface area contributed by atoms with Gasteiger partial charge in [0, 0.05) is 12.1 Å². The van der Waals surface area contributed by atoms with Crippen LogP contribution in [0.2, 0.25) is 0 Å². The normalized spacial score (nSPS) is 16.8. The van der Waals surface area contributed by atoms with E-state index in [-0.39, 0.29) is 23.2 Å². The molecule has 0 aliphatic carbocycles. The summed E-state index contributed by atoms with van der Waals surface area (Å²) >= 11 is 0. The quantitative estimate of drug-likeness (QED) is 0.759. The fourth-order valence-electron chi connectivity index (χ4n) is 2.81. The SMILES string of the molecule is COc1ccc(CNC(=O)[C@@H](C)N=C2NS(=O)(=O)c3ccccc32)cc1OC. The fraction of sp³-hybridized carbons (Fsp3) is 0.263. The maximum Gasteiger partial charge on any atom is 0.263 e. The summed E-state index contributed by atoms with van der Waals surface area (Å²) < 4.78 is 37.1. The number of carbonyl (C=O) groups excluding carboxylic acids is 1. The predicted octanol–water partition coefficient (Wildman–Crippen LogP) is 1.45. The van der Waals surface area contributed by atoms with Gasteiger partial charge < -0.3 is 14.8 Å². The number of methoxy groups -OCH3 is 2. The molecule has 0 unspecified atom stereocenters. The highest BCUT2D eigenvalue weighted by atomic mass is 32.2. The third kappa shape index (κ3) is 3.94. The van der Waals surface area contributed by atoms with Crippen LogP contribution in [0.4, 0.5) is 0 Å². The van der Waals surface area contributed by atoms with Crippen molar-refractivity contribution in [1.82, 2.24) is 10.0 Å². The molecule has 9 heteroatoms. The number of rotatable bonds is 6. The summed E-state index contributed by atoms with van der Waals surface area (Å²) in [5.41, 5.74) is 1.29. The maximum absolute atomic E-state index is 12.4. The number of hydrogen-bond donors (Lipinski definition) is 2. The number of amides is 1. The lowest BCUT2D eigenvalue weighted by atomic mass is 10.2. The molecule has 0 bridgehead atoms. The molecular weight excluding hydrogens is 382 g/mol. The van der Waals surface area contributed by atoms with E-state index in [1.807, 2.05) is 6.07 Å². The summed E-state index contributed by atoms with van der Waals surface area (Å²) in [6, 6.07) is 11.1. The third-order valence-electron chi connectivity index (χ3n) is 4.28. The van der Waals surface area contributed by atoms with Gasteiger partial charge in [-0.1, -0.05) is 18.2 Å². The molecule has 148 valence electrons. The fourth-order valence-corrected chi connectivity index (χ4v) is 4.05. The lowest BCUT2D eigenvalue weighted by Gasteiger charge is -2.12. The van der Waals surface area contributed by atoms with E-state index in [4.69, 9.17) is 9.47 Å². The monoisotopic (exact) mass is 403 g/mol. The van der Waals surface area contributed by atoms with Gasteiger partial charge >= 0.3 is 0 Å². The number of amidine groups is 1. The van der Waals surface area contributed by atoms with Crippen LogP contribution in [0.25, 0.3) is 0 Å². The van der Waals surface area contributed by atoms with E-state index in [1.165, 1.54) is 6.07 Å². The highest BCUT2D eigenvalue weighted by molar-refractivity contribution is 7.90. The first-order chi connectivity index (χ1) is 13.4. The third-order valence-corrected chi connectivity index (χ3v) is 5.68. The molecule has 2 aromatic rings. The van der Waals surface area contributed by atoms with Crippen LogP contribution in [0, 0.1) is 0 Å². The molecule has 1 atom stereocenters. The number of sulfonamides is 1. The van der Waals surface area contributed by atoms with Crippen LogP contribution in [-0.2, 0) is 21.4 Å². The van der Waals surface area contributed by atoms with Crippen LogP contribution in [0.1, 0.15) is 18.1 Å². The molecule has 1 aliphatic rings. The number of benzene rings is 2. The van der Waals surface area contributed by atoms with Crippen LogP contribution in [0.3, 0.4) is 0 Å². The Kier molecular flexibility index (Phi) is 5.55. The summed E-state index contributed by atoms with van der Waals surface area (Å²) in [6.07, 6.45) is 0. The first-order valence-corrected chi connectivity index (χ1v) is 10.0. The number of ether oxygens (including phenoxy) is 2. The van der Waals surface area contributed by atoms with Crippen LogP contribution in [0.15, 0.2) is 52.4 Å². The molecule has 0 saturated carbocycles. The van der Waals surface area contributed by atoms with Gasteiger partial charge in [0.05, 0.1) is 19.1 Å². The van der Waals surface area contributed by atoms with Crippen molar-refractivity contribution < 1.29 is 22.7 Å². The van der Waals surface area contributed by atoms with Crippen LogP contribution < -0.4 is 19.5 Å². The van der Waals surface area contributed by atoms with Crippen LogP contribution >= 0.6 is 0 Å². The molecule has 2 N–H and O–H groups in total. The number of carbonyl (C=O) groups is 1. The molecule has 2 aromatic carbocycles. The summed E-state index contributed by atoms with van der Waals surface area (Å²) in [7, 11) is -0.542. The van der Waals surface area contributed by atoms with Crippen molar-refractivity contribution in [3.63, 3.8) is 0 Å². The van der Waals surface area contributed by atoms with Gasteiger partial charge in [0.1, 0.15) is 11.9 Å². The Balaban J connectivity index is 1.70. The molecule has 1 aliphatic heterocycles. The summed E-state index contributed by atoms with van der Waals surface area (Å²) in [6.45, 7) is 1.88. The molecule has 1 amide bonds. The summed E-state index contributed by atoms with van der Waals surface area (Å²) in [5.74, 6) is 1.01. The smallest absolute Gasteiger partial charge is 0.263 e. The Labute approximate surface area is 163 Å². The molecule has 0 radical (unpaired) electrons. The van der Waals surface area contributed by atoms with Gasteiger partial charge in [0.15, 0.2) is 11.5 Å². The number of fused-ring (bicyclic) bond motifs is 1. The molecule has 0 aromatic heterocycles. The van der Waals surface area contributed by atoms with Gasteiger partial charge in [0.2, 0.25) is 5.91 Å². The molecule has 0 saturated heterocycles. The Bertz CT molecular complexity index is 1030. The first-order valence-electron chi connectivity index (χ1n) is 8.54. The second-order valence-corrected chi connectivity index (χ2v) is 7.81. The van der Waals surface area contributed by atoms with Crippen molar-refractivity contribution in [2.24, 2.45) is 4.99 Å². The van der Waals surface area contributed by atoms with Crippen molar-refractivity contribution in [2.45, 2.75) is 24.4 Å².